The van der Waals surface area contributed by atoms with E-state index in [0.29, 0.717) is 10.2 Å². The number of phenols is 1. The molecule has 0 atom stereocenters. The second kappa shape index (κ2) is 5.18. The quantitative estimate of drug-likeness (QED) is 0.929. The SMILES string of the molecule is CN(c1ccc(O)cc1)S(=O)(=O)c1cncc(Br)c1. The number of phenolic OH excluding ortho intramolecular Hbond substituents is 1. The molecule has 0 aliphatic rings. The molecule has 0 spiro atoms. The Kier molecular flexibility index (Phi) is 3.77. The predicted octanol–water partition coefficient (Wildman–Crippen LogP) is 2.37. The molecule has 0 aliphatic heterocycles. The maximum absolute atomic E-state index is 12.4. The fraction of sp³-hybridized carbons (Fsp3) is 0.0833. The average Bonchev–Trinajstić information content (AvgIpc) is 2.39. The van der Waals surface area contributed by atoms with E-state index in [9.17, 15) is 13.5 Å². The highest BCUT2D eigenvalue weighted by Crippen LogP contribution is 2.24. The molecule has 7 heteroatoms. The first-order chi connectivity index (χ1) is 8.91. The summed E-state index contributed by atoms with van der Waals surface area (Å²) >= 11 is 3.19. The van der Waals surface area contributed by atoms with Gasteiger partial charge < -0.3 is 5.11 Å². The number of pyridine rings is 1. The number of rotatable bonds is 3. The highest BCUT2D eigenvalue weighted by atomic mass is 79.9. The Morgan fingerprint density at radius 3 is 2.42 bits per heavy atom. The summed E-state index contributed by atoms with van der Waals surface area (Å²) in [6, 6.07) is 7.40. The number of hydrogen-bond acceptors (Lipinski definition) is 4. The summed E-state index contributed by atoms with van der Waals surface area (Å²) in [5.41, 5.74) is 0.456. The van der Waals surface area contributed by atoms with Crippen molar-refractivity contribution in [2.24, 2.45) is 0 Å². The number of halogens is 1. The monoisotopic (exact) mass is 342 g/mol. The number of sulfonamides is 1. The van der Waals surface area contributed by atoms with E-state index in [-0.39, 0.29) is 10.6 Å². The topological polar surface area (TPSA) is 70.5 Å². The molecule has 0 radical (unpaired) electrons. The highest BCUT2D eigenvalue weighted by Gasteiger charge is 2.21. The van der Waals surface area contributed by atoms with Gasteiger partial charge in [0.1, 0.15) is 10.6 Å². The van der Waals surface area contributed by atoms with Gasteiger partial charge in [-0.05, 0) is 46.3 Å². The molecule has 19 heavy (non-hydrogen) atoms. The minimum Gasteiger partial charge on any atom is -0.508 e. The Labute approximate surface area is 119 Å². The van der Waals surface area contributed by atoms with Gasteiger partial charge in [0, 0.05) is 23.9 Å². The van der Waals surface area contributed by atoms with Crippen molar-refractivity contribution in [2.75, 3.05) is 11.4 Å². The summed E-state index contributed by atoms with van der Waals surface area (Å²) in [4.78, 5) is 3.94. The van der Waals surface area contributed by atoms with Crippen molar-refractivity contribution < 1.29 is 13.5 Å². The Balaban J connectivity index is 2.42. The minimum absolute atomic E-state index is 0.0821. The smallest absolute Gasteiger partial charge is 0.265 e. The summed E-state index contributed by atoms with van der Waals surface area (Å²) in [5.74, 6) is 0.0821. The minimum atomic E-state index is -3.67. The molecule has 0 amide bonds. The van der Waals surface area contributed by atoms with Crippen LogP contribution >= 0.6 is 15.9 Å². The van der Waals surface area contributed by atoms with Crippen LogP contribution < -0.4 is 4.31 Å². The van der Waals surface area contributed by atoms with Crippen molar-refractivity contribution in [2.45, 2.75) is 4.90 Å². The van der Waals surface area contributed by atoms with Crippen molar-refractivity contribution in [1.82, 2.24) is 4.98 Å². The van der Waals surface area contributed by atoms with Crippen LogP contribution in [0.1, 0.15) is 0 Å². The lowest BCUT2D eigenvalue weighted by atomic mass is 10.3. The van der Waals surface area contributed by atoms with E-state index in [0.717, 1.165) is 4.31 Å². The van der Waals surface area contributed by atoms with Gasteiger partial charge in [-0.3, -0.25) is 9.29 Å². The third-order valence-electron chi connectivity index (χ3n) is 2.55. The van der Waals surface area contributed by atoms with E-state index in [4.69, 9.17) is 0 Å². The molecular formula is C12H11BrN2O3S. The summed E-state index contributed by atoms with van der Waals surface area (Å²) in [6.45, 7) is 0. The Morgan fingerprint density at radius 1 is 1.21 bits per heavy atom. The lowest BCUT2D eigenvalue weighted by Gasteiger charge is -2.19. The average molecular weight is 343 g/mol. The zero-order valence-corrected chi connectivity index (χ0v) is 12.4. The van der Waals surface area contributed by atoms with Crippen LogP contribution in [0.4, 0.5) is 5.69 Å². The molecule has 2 rings (SSSR count). The fourth-order valence-corrected chi connectivity index (χ4v) is 3.19. The Bertz CT molecular complexity index is 686. The molecule has 2 aromatic rings. The molecule has 0 aliphatic carbocycles. The van der Waals surface area contributed by atoms with Gasteiger partial charge in [0.25, 0.3) is 10.0 Å². The van der Waals surface area contributed by atoms with Crippen LogP contribution in [0, 0.1) is 0 Å². The number of hydrogen-bond donors (Lipinski definition) is 1. The van der Waals surface area contributed by atoms with E-state index >= 15 is 0 Å². The van der Waals surface area contributed by atoms with Crippen LogP contribution in [0.25, 0.3) is 0 Å². The molecule has 0 unspecified atom stereocenters. The fourth-order valence-electron chi connectivity index (χ4n) is 1.49. The highest BCUT2D eigenvalue weighted by molar-refractivity contribution is 9.10. The third-order valence-corrected chi connectivity index (χ3v) is 4.74. The number of benzene rings is 1. The van der Waals surface area contributed by atoms with E-state index in [1.807, 2.05) is 0 Å². The molecule has 0 fully saturated rings. The molecule has 0 saturated carbocycles. The van der Waals surface area contributed by atoms with Gasteiger partial charge in [0.2, 0.25) is 0 Å². The number of aromatic nitrogens is 1. The summed E-state index contributed by atoms with van der Waals surface area (Å²) in [5, 5.41) is 9.21. The number of aromatic hydroxyl groups is 1. The van der Waals surface area contributed by atoms with Crippen molar-refractivity contribution in [3.05, 3.63) is 47.2 Å². The van der Waals surface area contributed by atoms with E-state index < -0.39 is 10.0 Å². The molecule has 5 nitrogen and oxygen atoms in total. The van der Waals surface area contributed by atoms with Crippen molar-refractivity contribution in [1.29, 1.82) is 0 Å². The first-order valence-corrected chi connectivity index (χ1v) is 7.53. The van der Waals surface area contributed by atoms with Crippen molar-refractivity contribution in [3.8, 4) is 5.75 Å². The molecule has 100 valence electrons. The van der Waals surface area contributed by atoms with Crippen LogP contribution in [-0.2, 0) is 10.0 Å². The van der Waals surface area contributed by atoms with Gasteiger partial charge in [0.15, 0.2) is 0 Å². The molecular weight excluding hydrogens is 332 g/mol. The van der Waals surface area contributed by atoms with Crippen LogP contribution in [0.15, 0.2) is 52.1 Å². The molecule has 1 N–H and O–H groups in total. The predicted molar refractivity (Wildman–Crippen MR) is 75.6 cm³/mol. The van der Waals surface area contributed by atoms with E-state index in [2.05, 4.69) is 20.9 Å². The van der Waals surface area contributed by atoms with Crippen LogP contribution in [0.3, 0.4) is 0 Å². The van der Waals surface area contributed by atoms with Crippen molar-refractivity contribution in [3.63, 3.8) is 0 Å². The van der Waals surface area contributed by atoms with Gasteiger partial charge in [-0.2, -0.15) is 0 Å². The Morgan fingerprint density at radius 2 is 1.84 bits per heavy atom. The summed E-state index contributed by atoms with van der Waals surface area (Å²) in [6.07, 6.45) is 2.80. The normalized spacial score (nSPS) is 11.3. The van der Waals surface area contributed by atoms with Crippen LogP contribution in [-0.4, -0.2) is 25.6 Å². The zero-order valence-electron chi connectivity index (χ0n) is 9.99. The van der Waals surface area contributed by atoms with Crippen LogP contribution in [0.2, 0.25) is 0 Å². The standard InChI is InChI=1S/C12H11BrN2O3S/c1-15(10-2-4-11(16)5-3-10)19(17,18)12-6-9(13)7-14-8-12/h2-8,16H,1H3. The van der Waals surface area contributed by atoms with E-state index in [1.54, 1.807) is 0 Å². The Hall–Kier alpha value is -1.60. The zero-order chi connectivity index (χ0) is 14.0. The van der Waals surface area contributed by atoms with Gasteiger partial charge >= 0.3 is 0 Å². The molecule has 0 bridgehead atoms. The van der Waals surface area contributed by atoms with Crippen LogP contribution in [0.5, 0.6) is 5.75 Å². The summed E-state index contributed by atoms with van der Waals surface area (Å²) in [7, 11) is -2.22. The first kappa shape index (κ1) is 13.8. The van der Waals surface area contributed by atoms with Gasteiger partial charge in [0.05, 0.1) is 5.69 Å². The third kappa shape index (κ3) is 2.87. The lowest BCUT2D eigenvalue weighted by molar-refractivity contribution is 0.475. The summed E-state index contributed by atoms with van der Waals surface area (Å²) < 4.78 is 26.5. The number of anilines is 1. The van der Waals surface area contributed by atoms with Gasteiger partial charge in [-0.1, -0.05) is 0 Å². The number of nitrogens with zero attached hydrogens (tertiary/aromatic N) is 2. The van der Waals surface area contributed by atoms with Crippen molar-refractivity contribution >= 4 is 31.6 Å². The van der Waals surface area contributed by atoms with Gasteiger partial charge in [-0.15, -0.1) is 0 Å². The first-order valence-electron chi connectivity index (χ1n) is 5.30. The second-order valence-electron chi connectivity index (χ2n) is 3.83. The maximum atomic E-state index is 12.4. The largest absolute Gasteiger partial charge is 0.508 e. The maximum Gasteiger partial charge on any atom is 0.265 e. The molecule has 1 aromatic carbocycles. The molecule has 1 heterocycles. The lowest BCUT2D eigenvalue weighted by Crippen LogP contribution is -2.26. The van der Waals surface area contributed by atoms with E-state index in [1.165, 1.54) is 49.8 Å². The second-order valence-corrected chi connectivity index (χ2v) is 6.71. The molecule has 1 aromatic heterocycles. The molecule has 0 saturated heterocycles. The van der Waals surface area contributed by atoms with Gasteiger partial charge in [-0.25, -0.2) is 8.42 Å².